The zero-order chi connectivity index (χ0) is 10.7. The lowest BCUT2D eigenvalue weighted by Crippen LogP contribution is -2.49. The van der Waals surface area contributed by atoms with E-state index in [0.717, 1.165) is 0 Å². The minimum atomic E-state index is -0.981. The van der Waals surface area contributed by atoms with Crippen LogP contribution in [0.2, 0.25) is 0 Å². The Balaban J connectivity index is 2.45. The third kappa shape index (κ3) is 2.94. The highest BCUT2D eigenvalue weighted by Gasteiger charge is 2.35. The number of aliphatic hydroxyl groups is 2. The van der Waals surface area contributed by atoms with Crippen LogP contribution in [0.15, 0.2) is 0 Å². The second kappa shape index (κ2) is 4.72. The van der Waals surface area contributed by atoms with Gasteiger partial charge >= 0.3 is 5.97 Å². The summed E-state index contributed by atoms with van der Waals surface area (Å²) in [5.41, 5.74) is 0. The summed E-state index contributed by atoms with van der Waals surface area (Å²) in [6.07, 6.45) is -2.14. The van der Waals surface area contributed by atoms with Crippen LogP contribution in [0.25, 0.3) is 0 Å². The molecule has 1 aliphatic rings. The van der Waals surface area contributed by atoms with Gasteiger partial charge in [0.15, 0.2) is 0 Å². The third-order valence-corrected chi connectivity index (χ3v) is 2.21. The molecule has 1 rings (SSSR count). The van der Waals surface area contributed by atoms with Gasteiger partial charge in [-0.15, -0.1) is 0 Å². The van der Waals surface area contributed by atoms with E-state index in [4.69, 9.17) is 9.47 Å². The molecule has 14 heavy (non-hydrogen) atoms. The van der Waals surface area contributed by atoms with E-state index in [2.05, 4.69) is 0 Å². The molecule has 0 radical (unpaired) electrons. The lowest BCUT2D eigenvalue weighted by atomic mass is 9.99. The molecule has 0 spiro atoms. The highest BCUT2D eigenvalue weighted by atomic mass is 16.6. The van der Waals surface area contributed by atoms with Gasteiger partial charge in [-0.25, -0.2) is 0 Å². The van der Waals surface area contributed by atoms with Gasteiger partial charge in [0.05, 0.1) is 12.2 Å². The first-order chi connectivity index (χ1) is 6.50. The first kappa shape index (κ1) is 11.4. The van der Waals surface area contributed by atoms with Crippen molar-refractivity contribution in [1.82, 2.24) is 0 Å². The fourth-order valence-corrected chi connectivity index (χ4v) is 1.50. The number of carbonyl (C=O) groups excluding carboxylic acids is 1. The number of esters is 1. The van der Waals surface area contributed by atoms with E-state index in [0.29, 0.717) is 6.42 Å². The average molecular weight is 204 g/mol. The van der Waals surface area contributed by atoms with Crippen molar-refractivity contribution in [2.24, 2.45) is 0 Å². The van der Waals surface area contributed by atoms with E-state index in [1.807, 2.05) is 0 Å². The van der Waals surface area contributed by atoms with Gasteiger partial charge < -0.3 is 19.7 Å². The highest BCUT2D eigenvalue weighted by Crippen LogP contribution is 2.20. The van der Waals surface area contributed by atoms with Gasteiger partial charge in [0, 0.05) is 13.3 Å². The zero-order valence-electron chi connectivity index (χ0n) is 8.34. The predicted molar refractivity (Wildman–Crippen MR) is 47.6 cm³/mol. The molecule has 0 aromatic heterocycles. The van der Waals surface area contributed by atoms with Crippen molar-refractivity contribution in [3.63, 3.8) is 0 Å². The summed E-state index contributed by atoms with van der Waals surface area (Å²) in [7, 11) is 0. The Morgan fingerprint density at radius 3 is 2.79 bits per heavy atom. The predicted octanol–water partition coefficient (Wildman–Crippen LogP) is -0.551. The lowest BCUT2D eigenvalue weighted by Gasteiger charge is -2.35. The van der Waals surface area contributed by atoms with E-state index >= 15 is 0 Å². The van der Waals surface area contributed by atoms with E-state index in [1.165, 1.54) is 6.92 Å². The molecule has 1 aliphatic heterocycles. The zero-order valence-corrected chi connectivity index (χ0v) is 8.34. The molecular weight excluding hydrogens is 188 g/mol. The molecule has 1 fully saturated rings. The molecule has 0 aromatic rings. The monoisotopic (exact) mass is 204 g/mol. The minimum Gasteiger partial charge on any atom is -0.463 e. The average Bonchev–Trinajstić information content (AvgIpc) is 2.08. The summed E-state index contributed by atoms with van der Waals surface area (Å²) < 4.78 is 10.0. The first-order valence-corrected chi connectivity index (χ1v) is 4.65. The Labute approximate surface area is 82.6 Å². The summed E-state index contributed by atoms with van der Waals surface area (Å²) in [6, 6.07) is 0. The van der Waals surface area contributed by atoms with Crippen LogP contribution in [0.5, 0.6) is 0 Å². The molecule has 4 atom stereocenters. The van der Waals surface area contributed by atoms with Crippen LogP contribution < -0.4 is 0 Å². The minimum absolute atomic E-state index is 0.0160. The number of ether oxygens (including phenoxy) is 2. The van der Waals surface area contributed by atoms with Crippen molar-refractivity contribution in [2.75, 3.05) is 6.61 Å². The van der Waals surface area contributed by atoms with Gasteiger partial charge in [0.1, 0.15) is 18.8 Å². The van der Waals surface area contributed by atoms with Gasteiger partial charge in [0.25, 0.3) is 0 Å². The van der Waals surface area contributed by atoms with Crippen molar-refractivity contribution in [2.45, 2.75) is 44.7 Å². The quantitative estimate of drug-likeness (QED) is 0.590. The molecular formula is C9H16O5. The number of hydrogen-bond acceptors (Lipinski definition) is 5. The third-order valence-electron chi connectivity index (χ3n) is 2.21. The number of hydrogen-bond donors (Lipinski definition) is 2. The smallest absolute Gasteiger partial charge is 0.302 e. The van der Waals surface area contributed by atoms with Crippen LogP contribution >= 0.6 is 0 Å². The van der Waals surface area contributed by atoms with Crippen LogP contribution in [-0.4, -0.2) is 47.2 Å². The fourth-order valence-electron chi connectivity index (χ4n) is 1.50. The molecule has 0 bridgehead atoms. The summed E-state index contributed by atoms with van der Waals surface area (Å²) in [5.74, 6) is -0.423. The lowest BCUT2D eigenvalue weighted by molar-refractivity contribution is -0.185. The Kier molecular flexibility index (Phi) is 3.86. The fraction of sp³-hybridized carbons (Fsp3) is 0.889. The van der Waals surface area contributed by atoms with Crippen LogP contribution in [0, 0.1) is 0 Å². The molecule has 4 unspecified atom stereocenters. The van der Waals surface area contributed by atoms with Crippen LogP contribution in [-0.2, 0) is 14.3 Å². The molecule has 5 nitrogen and oxygen atoms in total. The molecule has 82 valence electrons. The molecule has 0 aromatic carbocycles. The van der Waals surface area contributed by atoms with E-state index in [-0.39, 0.29) is 12.7 Å². The molecule has 0 amide bonds. The maximum absolute atomic E-state index is 10.5. The van der Waals surface area contributed by atoms with Crippen LogP contribution in [0.4, 0.5) is 0 Å². The second-order valence-electron chi connectivity index (χ2n) is 3.58. The van der Waals surface area contributed by atoms with Gasteiger partial charge in [-0.05, 0) is 6.92 Å². The number of carbonyl (C=O) groups is 1. The molecule has 1 saturated heterocycles. The van der Waals surface area contributed by atoms with Gasteiger partial charge in [-0.1, -0.05) is 0 Å². The maximum Gasteiger partial charge on any atom is 0.302 e. The summed E-state index contributed by atoms with van der Waals surface area (Å²) in [5, 5.41) is 18.9. The summed E-state index contributed by atoms with van der Waals surface area (Å²) in [4.78, 5) is 10.5. The van der Waals surface area contributed by atoms with Crippen molar-refractivity contribution in [1.29, 1.82) is 0 Å². The van der Waals surface area contributed by atoms with Gasteiger partial charge in [-0.3, -0.25) is 4.79 Å². The SMILES string of the molecule is CC(=O)OCC1OC(C)CC(O)C1O. The molecule has 5 heteroatoms. The number of rotatable bonds is 2. The Morgan fingerprint density at radius 2 is 2.21 bits per heavy atom. The number of aliphatic hydroxyl groups excluding tert-OH is 2. The normalized spacial score (nSPS) is 38.0. The largest absolute Gasteiger partial charge is 0.463 e. The van der Waals surface area contributed by atoms with Crippen molar-refractivity contribution in [3.05, 3.63) is 0 Å². The Morgan fingerprint density at radius 1 is 1.57 bits per heavy atom. The van der Waals surface area contributed by atoms with Gasteiger partial charge in [-0.2, -0.15) is 0 Å². The van der Waals surface area contributed by atoms with E-state index < -0.39 is 24.3 Å². The first-order valence-electron chi connectivity index (χ1n) is 4.65. The van der Waals surface area contributed by atoms with E-state index in [1.54, 1.807) is 6.92 Å². The summed E-state index contributed by atoms with van der Waals surface area (Å²) in [6.45, 7) is 3.07. The van der Waals surface area contributed by atoms with Crippen LogP contribution in [0.1, 0.15) is 20.3 Å². The second-order valence-corrected chi connectivity index (χ2v) is 3.58. The van der Waals surface area contributed by atoms with Crippen molar-refractivity contribution < 1.29 is 24.5 Å². The van der Waals surface area contributed by atoms with E-state index in [9.17, 15) is 15.0 Å². The van der Waals surface area contributed by atoms with Crippen molar-refractivity contribution in [3.8, 4) is 0 Å². The topological polar surface area (TPSA) is 76.0 Å². The highest BCUT2D eigenvalue weighted by molar-refractivity contribution is 5.65. The van der Waals surface area contributed by atoms with Gasteiger partial charge in [0.2, 0.25) is 0 Å². The Hall–Kier alpha value is -0.650. The summed E-state index contributed by atoms with van der Waals surface area (Å²) >= 11 is 0. The maximum atomic E-state index is 10.5. The van der Waals surface area contributed by atoms with Crippen molar-refractivity contribution >= 4 is 5.97 Å². The van der Waals surface area contributed by atoms with Crippen LogP contribution in [0.3, 0.4) is 0 Å². The standard InChI is InChI=1S/C9H16O5/c1-5-3-7(11)9(12)8(14-5)4-13-6(2)10/h5,7-9,11-12H,3-4H2,1-2H3. The Bertz CT molecular complexity index is 205. The molecule has 2 N–H and O–H groups in total. The molecule has 0 saturated carbocycles. The molecule has 1 heterocycles. The molecule has 0 aliphatic carbocycles.